The fourth-order valence-electron chi connectivity index (χ4n) is 0.302. The third-order valence-corrected chi connectivity index (χ3v) is 0.760. The summed E-state index contributed by atoms with van der Waals surface area (Å²) >= 11 is 0. The SMILES string of the molecule is CNC(=O)C1=CN1. The van der Waals surface area contributed by atoms with Crippen molar-refractivity contribution in [2.75, 3.05) is 7.05 Å². The minimum atomic E-state index is -0.0417. The van der Waals surface area contributed by atoms with Crippen LogP contribution in [0.3, 0.4) is 0 Å². The molecule has 0 aromatic heterocycles. The first-order chi connectivity index (χ1) is 3.34. The maximum absolute atomic E-state index is 10.3. The lowest BCUT2D eigenvalue weighted by Crippen LogP contribution is -2.17. The van der Waals surface area contributed by atoms with Gasteiger partial charge in [0, 0.05) is 13.2 Å². The summed E-state index contributed by atoms with van der Waals surface area (Å²) in [6, 6.07) is 0. The number of hydrogen-bond donors (Lipinski definition) is 2. The molecule has 1 heterocycles. The molecule has 0 aliphatic carbocycles. The molecule has 0 aromatic rings. The Morgan fingerprint density at radius 1 is 2.00 bits per heavy atom. The molecule has 0 radical (unpaired) electrons. The normalized spacial score (nSPS) is 14.1. The van der Waals surface area contributed by atoms with Gasteiger partial charge >= 0.3 is 0 Å². The van der Waals surface area contributed by atoms with E-state index in [4.69, 9.17) is 0 Å². The second kappa shape index (κ2) is 1.26. The molecule has 1 amide bonds. The largest absolute Gasteiger partial charge is 0.354 e. The van der Waals surface area contributed by atoms with Crippen molar-refractivity contribution in [2.24, 2.45) is 0 Å². The van der Waals surface area contributed by atoms with Crippen LogP contribution in [0.2, 0.25) is 0 Å². The lowest BCUT2D eigenvalue weighted by molar-refractivity contribution is -0.116. The molecule has 2 N–H and O–H groups in total. The summed E-state index contributed by atoms with van der Waals surface area (Å²) in [5, 5.41) is 5.12. The van der Waals surface area contributed by atoms with Crippen molar-refractivity contribution in [2.45, 2.75) is 0 Å². The first-order valence-electron chi connectivity index (χ1n) is 2.03. The average Bonchev–Trinajstić information content (AvgIpc) is 2.44. The summed E-state index contributed by atoms with van der Waals surface area (Å²) in [6.45, 7) is 0. The van der Waals surface area contributed by atoms with Crippen LogP contribution >= 0.6 is 0 Å². The maximum atomic E-state index is 10.3. The fraction of sp³-hybridized carbons (Fsp3) is 0.250. The van der Waals surface area contributed by atoms with Gasteiger partial charge in [-0.3, -0.25) is 4.79 Å². The first kappa shape index (κ1) is 4.18. The van der Waals surface area contributed by atoms with Crippen LogP contribution in [0.1, 0.15) is 0 Å². The number of amides is 1. The Kier molecular flexibility index (Phi) is 0.749. The summed E-state index contributed by atoms with van der Waals surface area (Å²) in [6.07, 6.45) is 1.65. The second-order valence-corrected chi connectivity index (χ2v) is 1.28. The van der Waals surface area contributed by atoms with Crippen LogP contribution in [0.5, 0.6) is 0 Å². The maximum Gasteiger partial charge on any atom is 0.268 e. The summed E-state index contributed by atoms with van der Waals surface area (Å²) in [7, 11) is 1.60. The van der Waals surface area contributed by atoms with Gasteiger partial charge in [0.05, 0.1) is 0 Å². The van der Waals surface area contributed by atoms with Crippen molar-refractivity contribution in [3.8, 4) is 0 Å². The molecule has 0 fully saturated rings. The smallest absolute Gasteiger partial charge is 0.268 e. The van der Waals surface area contributed by atoms with E-state index < -0.39 is 0 Å². The molecule has 1 aliphatic heterocycles. The lowest BCUT2D eigenvalue weighted by atomic mass is 10.6. The van der Waals surface area contributed by atoms with E-state index in [9.17, 15) is 4.79 Å². The highest BCUT2D eigenvalue weighted by molar-refractivity contribution is 5.95. The number of likely N-dealkylation sites (N-methyl/N-ethyl adjacent to an activating group) is 1. The molecule has 3 nitrogen and oxygen atoms in total. The van der Waals surface area contributed by atoms with Crippen molar-refractivity contribution < 1.29 is 4.79 Å². The molecular formula is C4H6N2O. The molecule has 7 heavy (non-hydrogen) atoms. The Morgan fingerprint density at radius 3 is 2.71 bits per heavy atom. The molecule has 1 rings (SSSR count). The number of nitrogens with one attached hydrogen (secondary N) is 2. The number of hydrogen-bond acceptors (Lipinski definition) is 2. The van der Waals surface area contributed by atoms with Gasteiger partial charge in [0.15, 0.2) is 0 Å². The monoisotopic (exact) mass is 98.0 g/mol. The summed E-state index contributed by atoms with van der Waals surface area (Å²) < 4.78 is 0. The zero-order valence-corrected chi connectivity index (χ0v) is 3.99. The highest BCUT2D eigenvalue weighted by Crippen LogP contribution is 1.98. The number of carbonyl (C=O) groups is 1. The van der Waals surface area contributed by atoms with Crippen LogP contribution in [0, 0.1) is 0 Å². The fourth-order valence-corrected chi connectivity index (χ4v) is 0.302. The molecule has 0 saturated heterocycles. The van der Waals surface area contributed by atoms with Crippen molar-refractivity contribution in [1.29, 1.82) is 0 Å². The Balaban J connectivity index is 2.39. The van der Waals surface area contributed by atoms with Gasteiger partial charge < -0.3 is 10.6 Å². The quantitative estimate of drug-likeness (QED) is 0.450. The summed E-state index contributed by atoms with van der Waals surface area (Å²) in [4.78, 5) is 10.3. The minimum absolute atomic E-state index is 0.0417. The predicted molar refractivity (Wildman–Crippen MR) is 25.3 cm³/mol. The van der Waals surface area contributed by atoms with E-state index in [0.717, 1.165) is 0 Å². The van der Waals surface area contributed by atoms with E-state index in [-0.39, 0.29) is 5.91 Å². The van der Waals surface area contributed by atoms with Gasteiger partial charge in [0.1, 0.15) is 5.70 Å². The Labute approximate surface area is 41.4 Å². The highest BCUT2D eigenvalue weighted by Gasteiger charge is 2.13. The van der Waals surface area contributed by atoms with Crippen molar-refractivity contribution in [3.05, 3.63) is 11.9 Å². The molecule has 3 heteroatoms. The Hall–Kier alpha value is -0.990. The van der Waals surface area contributed by atoms with Crippen LogP contribution in [0.4, 0.5) is 0 Å². The van der Waals surface area contributed by atoms with Crippen molar-refractivity contribution in [1.82, 2.24) is 10.6 Å². The van der Waals surface area contributed by atoms with E-state index >= 15 is 0 Å². The average molecular weight is 98.1 g/mol. The molecule has 38 valence electrons. The van der Waals surface area contributed by atoms with E-state index in [1.165, 1.54) is 0 Å². The second-order valence-electron chi connectivity index (χ2n) is 1.28. The molecule has 0 spiro atoms. The van der Waals surface area contributed by atoms with Crippen LogP contribution in [0.15, 0.2) is 11.9 Å². The predicted octanol–water partition coefficient (Wildman–Crippen LogP) is -0.823. The van der Waals surface area contributed by atoms with E-state index in [0.29, 0.717) is 5.70 Å². The molecule has 0 saturated carbocycles. The molecular weight excluding hydrogens is 92.1 g/mol. The molecule has 0 unspecified atom stereocenters. The van der Waals surface area contributed by atoms with Gasteiger partial charge in [-0.15, -0.1) is 0 Å². The van der Waals surface area contributed by atoms with Gasteiger partial charge in [0.2, 0.25) is 0 Å². The van der Waals surface area contributed by atoms with Gasteiger partial charge in [-0.2, -0.15) is 0 Å². The molecule has 0 aromatic carbocycles. The van der Waals surface area contributed by atoms with E-state index in [2.05, 4.69) is 10.6 Å². The van der Waals surface area contributed by atoms with Crippen LogP contribution in [0.25, 0.3) is 0 Å². The lowest BCUT2D eigenvalue weighted by Gasteiger charge is -1.85. The van der Waals surface area contributed by atoms with E-state index in [1.807, 2.05) is 0 Å². The van der Waals surface area contributed by atoms with Crippen LogP contribution in [-0.4, -0.2) is 13.0 Å². The van der Waals surface area contributed by atoms with E-state index in [1.54, 1.807) is 13.2 Å². The van der Waals surface area contributed by atoms with Crippen molar-refractivity contribution in [3.63, 3.8) is 0 Å². The molecule has 1 aliphatic rings. The van der Waals surface area contributed by atoms with Gasteiger partial charge in [-0.1, -0.05) is 0 Å². The number of carbonyl (C=O) groups excluding carboxylic acids is 1. The Bertz CT molecular complexity index is 128. The van der Waals surface area contributed by atoms with Gasteiger partial charge in [-0.05, 0) is 0 Å². The third kappa shape index (κ3) is 0.707. The topological polar surface area (TPSA) is 51.0 Å². The zero-order valence-electron chi connectivity index (χ0n) is 3.99. The van der Waals surface area contributed by atoms with Crippen LogP contribution < -0.4 is 10.6 Å². The minimum Gasteiger partial charge on any atom is -0.354 e. The van der Waals surface area contributed by atoms with Crippen LogP contribution in [-0.2, 0) is 4.79 Å². The zero-order chi connectivity index (χ0) is 5.28. The summed E-state index contributed by atoms with van der Waals surface area (Å²) in [5.41, 5.74) is 0.669. The standard InChI is InChI=1S/C4H6N2O/c1-5-4(7)3-2-6-3/h2,6H,1H3,(H,5,7). The Morgan fingerprint density at radius 2 is 2.57 bits per heavy atom. The first-order valence-corrected chi connectivity index (χ1v) is 2.03. The molecule has 0 atom stereocenters. The van der Waals surface area contributed by atoms with Gasteiger partial charge in [0.25, 0.3) is 5.91 Å². The third-order valence-electron chi connectivity index (χ3n) is 0.760. The van der Waals surface area contributed by atoms with Crippen molar-refractivity contribution >= 4 is 5.91 Å². The highest BCUT2D eigenvalue weighted by atomic mass is 16.2. The van der Waals surface area contributed by atoms with Gasteiger partial charge in [-0.25, -0.2) is 0 Å². The molecule has 0 bridgehead atoms. The number of rotatable bonds is 1. The summed E-state index contributed by atoms with van der Waals surface area (Å²) in [5.74, 6) is -0.0417.